The van der Waals surface area contributed by atoms with E-state index in [-0.39, 0.29) is 0 Å². The lowest BCUT2D eigenvalue weighted by atomic mass is 10.1. The van der Waals surface area contributed by atoms with Gasteiger partial charge in [-0.05, 0) is 63.6 Å². The largest absolute Gasteiger partial charge is 0.356 e. The summed E-state index contributed by atoms with van der Waals surface area (Å²) in [6.45, 7) is 5.37. The molecule has 0 radical (unpaired) electrons. The van der Waals surface area contributed by atoms with Crippen LogP contribution in [0.1, 0.15) is 68.3 Å². The maximum absolute atomic E-state index is 5.12. The molecule has 166 valence electrons. The molecule has 2 saturated heterocycles. The summed E-state index contributed by atoms with van der Waals surface area (Å²) < 4.78 is 0. The molecule has 2 aromatic heterocycles. The maximum Gasteiger partial charge on any atom is 0.225 e. The smallest absolute Gasteiger partial charge is 0.225 e. The number of pyridine rings is 1. The fraction of sp³-hybridized carbons (Fsp3) is 0.640. The van der Waals surface area contributed by atoms with Gasteiger partial charge >= 0.3 is 0 Å². The molecule has 0 spiro atoms. The Morgan fingerprint density at radius 2 is 1.77 bits per heavy atom. The van der Waals surface area contributed by atoms with E-state index in [1.807, 2.05) is 12.3 Å². The second kappa shape index (κ2) is 9.94. The van der Waals surface area contributed by atoms with Crippen LogP contribution in [-0.2, 0) is 19.4 Å². The van der Waals surface area contributed by atoms with Gasteiger partial charge in [0.2, 0.25) is 5.95 Å². The third-order valence-corrected chi connectivity index (χ3v) is 7.02. The molecule has 2 fully saturated rings. The molecule has 2 aliphatic heterocycles. The van der Waals surface area contributed by atoms with Crippen molar-refractivity contribution in [3.8, 4) is 0 Å². The number of aromatic nitrogens is 3. The van der Waals surface area contributed by atoms with Crippen molar-refractivity contribution in [2.45, 2.75) is 76.8 Å². The van der Waals surface area contributed by atoms with Crippen LogP contribution in [0.5, 0.6) is 0 Å². The first-order chi connectivity index (χ1) is 15.3. The highest BCUT2D eigenvalue weighted by Gasteiger charge is 2.25. The van der Waals surface area contributed by atoms with Gasteiger partial charge in [-0.25, -0.2) is 4.98 Å². The average molecular weight is 421 g/mol. The third kappa shape index (κ3) is 5.17. The number of aryl methyl sites for hydroxylation is 1. The summed E-state index contributed by atoms with van der Waals surface area (Å²) >= 11 is 0. The second-order valence-electron chi connectivity index (χ2n) is 9.44. The van der Waals surface area contributed by atoms with Crippen molar-refractivity contribution < 1.29 is 0 Å². The summed E-state index contributed by atoms with van der Waals surface area (Å²) in [5.74, 6) is 2.08. The molecule has 1 N–H and O–H groups in total. The Labute approximate surface area is 186 Å². The van der Waals surface area contributed by atoms with Crippen molar-refractivity contribution in [2.75, 3.05) is 36.4 Å². The number of hydrogen-bond donors (Lipinski definition) is 1. The van der Waals surface area contributed by atoms with E-state index in [1.165, 1.54) is 68.4 Å². The molecule has 2 aromatic rings. The van der Waals surface area contributed by atoms with Gasteiger partial charge in [-0.2, -0.15) is 4.98 Å². The first-order valence-corrected chi connectivity index (χ1v) is 12.4. The average Bonchev–Trinajstić information content (AvgIpc) is 2.97. The predicted octanol–water partition coefficient (Wildman–Crippen LogP) is 4.21. The highest BCUT2D eigenvalue weighted by molar-refractivity contribution is 5.54. The van der Waals surface area contributed by atoms with Gasteiger partial charge in [0.25, 0.3) is 0 Å². The zero-order valence-corrected chi connectivity index (χ0v) is 18.7. The van der Waals surface area contributed by atoms with E-state index in [0.717, 1.165) is 57.2 Å². The molecule has 0 bridgehead atoms. The zero-order chi connectivity index (χ0) is 20.9. The van der Waals surface area contributed by atoms with Crippen LogP contribution in [-0.4, -0.2) is 52.1 Å². The molecule has 5 rings (SSSR count). The minimum absolute atomic E-state index is 0.391. The molecule has 3 aliphatic rings. The Balaban J connectivity index is 1.32. The van der Waals surface area contributed by atoms with Crippen molar-refractivity contribution in [2.24, 2.45) is 0 Å². The van der Waals surface area contributed by atoms with Gasteiger partial charge in [0, 0.05) is 44.0 Å². The molecule has 6 heteroatoms. The lowest BCUT2D eigenvalue weighted by molar-refractivity contribution is 0.266. The van der Waals surface area contributed by atoms with Crippen LogP contribution in [0.4, 0.5) is 11.8 Å². The molecule has 31 heavy (non-hydrogen) atoms. The number of hydrogen-bond acceptors (Lipinski definition) is 6. The minimum Gasteiger partial charge on any atom is -0.356 e. The lowest BCUT2D eigenvalue weighted by Gasteiger charge is -2.27. The quantitative estimate of drug-likeness (QED) is 0.782. The number of fused-ring (bicyclic) bond motifs is 1. The summed E-state index contributed by atoms with van der Waals surface area (Å²) in [5.41, 5.74) is 3.86. The van der Waals surface area contributed by atoms with Crippen molar-refractivity contribution in [3.05, 3.63) is 41.3 Å². The van der Waals surface area contributed by atoms with Crippen molar-refractivity contribution >= 4 is 11.8 Å². The van der Waals surface area contributed by atoms with E-state index in [4.69, 9.17) is 9.97 Å². The fourth-order valence-electron chi connectivity index (χ4n) is 5.41. The van der Waals surface area contributed by atoms with Crippen LogP contribution in [0, 0.1) is 0 Å². The van der Waals surface area contributed by atoms with Gasteiger partial charge in [-0.3, -0.25) is 9.88 Å². The van der Waals surface area contributed by atoms with Gasteiger partial charge in [-0.15, -0.1) is 0 Å². The van der Waals surface area contributed by atoms with Crippen molar-refractivity contribution in [1.82, 2.24) is 19.9 Å². The van der Waals surface area contributed by atoms with Crippen LogP contribution in [0.15, 0.2) is 24.4 Å². The summed E-state index contributed by atoms with van der Waals surface area (Å²) in [6.07, 6.45) is 14.3. The normalized spacial score (nSPS) is 22.6. The first-order valence-electron chi connectivity index (χ1n) is 12.4. The third-order valence-electron chi connectivity index (χ3n) is 7.02. The Morgan fingerprint density at radius 3 is 2.61 bits per heavy atom. The number of rotatable bonds is 5. The summed E-state index contributed by atoms with van der Waals surface area (Å²) in [5, 5.41) is 3.75. The Bertz CT molecular complexity index is 847. The number of anilines is 2. The first kappa shape index (κ1) is 20.7. The maximum atomic E-state index is 5.12. The molecule has 4 heterocycles. The fourth-order valence-corrected chi connectivity index (χ4v) is 5.41. The van der Waals surface area contributed by atoms with E-state index in [2.05, 4.69) is 32.2 Å². The predicted molar refractivity (Wildman–Crippen MR) is 126 cm³/mol. The van der Waals surface area contributed by atoms with E-state index in [1.54, 1.807) is 0 Å². The van der Waals surface area contributed by atoms with Crippen molar-refractivity contribution in [3.63, 3.8) is 0 Å². The van der Waals surface area contributed by atoms with Gasteiger partial charge in [0.1, 0.15) is 5.82 Å². The van der Waals surface area contributed by atoms with Crippen LogP contribution in [0.2, 0.25) is 0 Å². The monoisotopic (exact) mass is 420 g/mol. The SMILES string of the molecule is c1ccc(CN2CCCC[C@H](Nc3nc4c(c(N5CCCCCC5)n3)CCC4)C2)nc1. The molecule has 0 unspecified atom stereocenters. The second-order valence-corrected chi connectivity index (χ2v) is 9.44. The molecule has 0 amide bonds. The molecule has 0 saturated carbocycles. The summed E-state index contributed by atoms with van der Waals surface area (Å²) in [6, 6.07) is 6.59. The van der Waals surface area contributed by atoms with Gasteiger partial charge in [0.15, 0.2) is 0 Å². The van der Waals surface area contributed by atoms with Crippen LogP contribution in [0.3, 0.4) is 0 Å². The van der Waals surface area contributed by atoms with Gasteiger partial charge in [0.05, 0.1) is 11.4 Å². The molecule has 0 aromatic carbocycles. The van der Waals surface area contributed by atoms with Gasteiger partial charge < -0.3 is 10.2 Å². The number of likely N-dealkylation sites (tertiary alicyclic amines) is 1. The van der Waals surface area contributed by atoms with E-state index < -0.39 is 0 Å². The van der Waals surface area contributed by atoms with Crippen LogP contribution in [0.25, 0.3) is 0 Å². The van der Waals surface area contributed by atoms with E-state index in [0.29, 0.717) is 6.04 Å². The molecule has 1 aliphatic carbocycles. The standard InChI is InChI=1S/C25H36N6/c1-2-7-17-31(16-6-1)24-22-12-9-13-23(22)28-25(29-24)27-21-11-4-8-15-30(19-21)18-20-10-3-5-14-26-20/h3,5,10,14,21H,1-2,4,6-9,11-13,15-19H2,(H,27,28,29)/t21-/m0/s1. The van der Waals surface area contributed by atoms with E-state index in [9.17, 15) is 0 Å². The Hall–Kier alpha value is -2.21. The molecular weight excluding hydrogens is 384 g/mol. The van der Waals surface area contributed by atoms with E-state index >= 15 is 0 Å². The summed E-state index contributed by atoms with van der Waals surface area (Å²) in [4.78, 5) is 19.7. The number of nitrogens with zero attached hydrogens (tertiary/aromatic N) is 5. The molecule has 1 atom stereocenters. The van der Waals surface area contributed by atoms with Gasteiger partial charge in [-0.1, -0.05) is 25.3 Å². The Morgan fingerprint density at radius 1 is 0.903 bits per heavy atom. The topological polar surface area (TPSA) is 57.2 Å². The van der Waals surface area contributed by atoms with Crippen molar-refractivity contribution in [1.29, 1.82) is 0 Å². The molecule has 6 nitrogen and oxygen atoms in total. The van der Waals surface area contributed by atoms with Crippen LogP contribution < -0.4 is 10.2 Å². The Kier molecular flexibility index (Phi) is 6.63. The molecular formula is C25H36N6. The summed E-state index contributed by atoms with van der Waals surface area (Å²) in [7, 11) is 0. The lowest BCUT2D eigenvalue weighted by Crippen LogP contribution is -2.35. The minimum atomic E-state index is 0.391. The number of nitrogens with one attached hydrogen (secondary N) is 1. The zero-order valence-electron chi connectivity index (χ0n) is 18.7. The van der Waals surface area contributed by atoms with Crippen LogP contribution >= 0.6 is 0 Å². The highest BCUT2D eigenvalue weighted by Crippen LogP contribution is 2.31. The highest BCUT2D eigenvalue weighted by atomic mass is 15.2.